The Morgan fingerprint density at radius 2 is 1.91 bits per heavy atom. The molecule has 1 fully saturated rings. The SMILES string of the molecule is Cc1ccccc1N1CCC(N[C@@H](C)CCCC(C)(C)O)CC1. The average Bonchev–Trinajstić information content (AvgIpc) is 2.47. The Kier molecular flexibility index (Phi) is 6.49. The van der Waals surface area contributed by atoms with Crippen LogP contribution in [0.3, 0.4) is 0 Å². The standard InChI is InChI=1S/C20H34N2O/c1-16-8-5-6-10-19(16)22-14-11-18(12-15-22)21-17(2)9-7-13-20(3,4)23/h5-6,8,10,17-18,21,23H,7,9,11-15H2,1-4H3/t17-/m0/s1. The highest BCUT2D eigenvalue weighted by Crippen LogP contribution is 2.24. The molecule has 130 valence electrons. The molecule has 2 rings (SSSR count). The molecule has 23 heavy (non-hydrogen) atoms. The minimum absolute atomic E-state index is 0.529. The Morgan fingerprint density at radius 1 is 1.26 bits per heavy atom. The molecule has 0 saturated carbocycles. The molecule has 0 unspecified atom stereocenters. The normalized spacial score (nSPS) is 18.2. The number of nitrogens with one attached hydrogen (secondary N) is 1. The van der Waals surface area contributed by atoms with Crippen molar-refractivity contribution in [3.8, 4) is 0 Å². The van der Waals surface area contributed by atoms with Crippen LogP contribution in [-0.2, 0) is 0 Å². The molecule has 1 aromatic carbocycles. The number of rotatable bonds is 7. The van der Waals surface area contributed by atoms with Crippen LogP contribution >= 0.6 is 0 Å². The van der Waals surface area contributed by atoms with Gasteiger partial charge in [-0.05, 0) is 71.4 Å². The number of piperidine rings is 1. The molecule has 1 aromatic rings. The first-order valence-corrected chi connectivity index (χ1v) is 9.14. The number of benzene rings is 1. The summed E-state index contributed by atoms with van der Waals surface area (Å²) in [7, 11) is 0. The monoisotopic (exact) mass is 318 g/mol. The van der Waals surface area contributed by atoms with Crippen molar-refractivity contribution in [2.45, 2.75) is 77.5 Å². The fourth-order valence-electron chi connectivity index (χ4n) is 3.53. The number of hydrogen-bond acceptors (Lipinski definition) is 3. The van der Waals surface area contributed by atoms with Crippen molar-refractivity contribution in [3.05, 3.63) is 29.8 Å². The van der Waals surface area contributed by atoms with E-state index in [2.05, 4.69) is 48.3 Å². The van der Waals surface area contributed by atoms with Crippen molar-refractivity contribution in [2.75, 3.05) is 18.0 Å². The van der Waals surface area contributed by atoms with Crippen LogP contribution in [0.2, 0.25) is 0 Å². The van der Waals surface area contributed by atoms with Crippen molar-refractivity contribution in [3.63, 3.8) is 0 Å². The molecule has 1 atom stereocenters. The maximum atomic E-state index is 9.79. The first-order chi connectivity index (χ1) is 10.8. The van der Waals surface area contributed by atoms with Crippen LogP contribution < -0.4 is 10.2 Å². The molecule has 1 heterocycles. The van der Waals surface area contributed by atoms with Crippen molar-refractivity contribution in [2.24, 2.45) is 0 Å². The molecule has 0 aliphatic carbocycles. The second-order valence-corrected chi connectivity index (χ2v) is 7.82. The van der Waals surface area contributed by atoms with Gasteiger partial charge in [0.25, 0.3) is 0 Å². The molecule has 1 aliphatic rings. The van der Waals surface area contributed by atoms with Gasteiger partial charge in [-0.15, -0.1) is 0 Å². The van der Waals surface area contributed by atoms with E-state index in [9.17, 15) is 5.11 Å². The second kappa shape index (κ2) is 8.16. The van der Waals surface area contributed by atoms with Crippen molar-refractivity contribution < 1.29 is 5.11 Å². The van der Waals surface area contributed by atoms with Crippen LogP contribution in [0, 0.1) is 6.92 Å². The van der Waals surface area contributed by atoms with Gasteiger partial charge in [-0.1, -0.05) is 18.2 Å². The minimum atomic E-state index is -0.529. The quantitative estimate of drug-likeness (QED) is 0.801. The molecular formula is C20H34N2O. The van der Waals surface area contributed by atoms with Crippen molar-refractivity contribution in [1.29, 1.82) is 0 Å². The van der Waals surface area contributed by atoms with Crippen LogP contribution in [0.5, 0.6) is 0 Å². The number of aliphatic hydroxyl groups is 1. The highest BCUT2D eigenvalue weighted by molar-refractivity contribution is 5.53. The summed E-state index contributed by atoms with van der Waals surface area (Å²) in [6.45, 7) is 10.5. The lowest BCUT2D eigenvalue weighted by Crippen LogP contribution is -2.45. The van der Waals surface area contributed by atoms with Crippen molar-refractivity contribution >= 4 is 5.69 Å². The summed E-state index contributed by atoms with van der Waals surface area (Å²) >= 11 is 0. The largest absolute Gasteiger partial charge is 0.390 e. The van der Waals surface area contributed by atoms with Gasteiger partial charge in [0.1, 0.15) is 0 Å². The number of anilines is 1. The van der Waals surface area contributed by atoms with E-state index in [1.165, 1.54) is 24.1 Å². The first-order valence-electron chi connectivity index (χ1n) is 9.14. The fourth-order valence-corrected chi connectivity index (χ4v) is 3.53. The molecule has 1 aliphatic heterocycles. The second-order valence-electron chi connectivity index (χ2n) is 7.82. The van der Waals surface area contributed by atoms with Gasteiger partial charge in [-0.2, -0.15) is 0 Å². The van der Waals surface area contributed by atoms with E-state index in [-0.39, 0.29) is 0 Å². The van der Waals surface area contributed by atoms with E-state index in [1.807, 2.05) is 13.8 Å². The van der Waals surface area contributed by atoms with Gasteiger partial charge in [-0.3, -0.25) is 0 Å². The van der Waals surface area contributed by atoms with E-state index in [1.54, 1.807) is 0 Å². The molecule has 0 spiro atoms. The molecule has 0 radical (unpaired) electrons. The third-order valence-electron chi connectivity index (χ3n) is 4.90. The summed E-state index contributed by atoms with van der Waals surface area (Å²) in [4.78, 5) is 2.52. The lowest BCUT2D eigenvalue weighted by atomic mass is 9.98. The van der Waals surface area contributed by atoms with E-state index >= 15 is 0 Å². The Bertz CT molecular complexity index is 473. The summed E-state index contributed by atoms with van der Waals surface area (Å²) in [5, 5.41) is 13.6. The van der Waals surface area contributed by atoms with Crippen LogP contribution in [0.15, 0.2) is 24.3 Å². The predicted molar refractivity (Wildman–Crippen MR) is 99.2 cm³/mol. The van der Waals surface area contributed by atoms with Gasteiger partial charge in [0.05, 0.1) is 5.60 Å². The number of para-hydroxylation sites is 1. The van der Waals surface area contributed by atoms with Gasteiger partial charge >= 0.3 is 0 Å². The predicted octanol–water partition coefficient (Wildman–Crippen LogP) is 3.88. The summed E-state index contributed by atoms with van der Waals surface area (Å²) in [6, 6.07) is 9.85. The molecule has 2 N–H and O–H groups in total. The lowest BCUT2D eigenvalue weighted by Gasteiger charge is -2.36. The maximum absolute atomic E-state index is 9.79. The van der Waals surface area contributed by atoms with E-state index < -0.39 is 5.60 Å². The van der Waals surface area contributed by atoms with Gasteiger partial charge in [0.15, 0.2) is 0 Å². The zero-order valence-electron chi connectivity index (χ0n) is 15.3. The van der Waals surface area contributed by atoms with Gasteiger partial charge in [-0.25, -0.2) is 0 Å². The van der Waals surface area contributed by atoms with Gasteiger partial charge < -0.3 is 15.3 Å². The lowest BCUT2D eigenvalue weighted by molar-refractivity contribution is 0.0673. The molecule has 3 nitrogen and oxygen atoms in total. The van der Waals surface area contributed by atoms with Gasteiger partial charge in [0, 0.05) is 30.9 Å². The molecule has 0 amide bonds. The highest BCUT2D eigenvalue weighted by atomic mass is 16.3. The molecule has 1 saturated heterocycles. The third-order valence-corrected chi connectivity index (χ3v) is 4.90. The van der Waals surface area contributed by atoms with E-state index in [0.29, 0.717) is 12.1 Å². The Labute approximate surface area is 142 Å². The average molecular weight is 319 g/mol. The molecule has 0 aromatic heterocycles. The first kappa shape index (κ1) is 18.3. The number of hydrogen-bond donors (Lipinski definition) is 2. The zero-order chi connectivity index (χ0) is 16.9. The molecular weight excluding hydrogens is 284 g/mol. The van der Waals surface area contributed by atoms with Crippen molar-refractivity contribution in [1.82, 2.24) is 5.32 Å². The number of nitrogens with zero attached hydrogens (tertiary/aromatic N) is 1. The minimum Gasteiger partial charge on any atom is -0.390 e. The smallest absolute Gasteiger partial charge is 0.0591 e. The number of aryl methyl sites for hydroxylation is 1. The fraction of sp³-hybridized carbons (Fsp3) is 0.700. The van der Waals surface area contributed by atoms with Crippen LogP contribution in [0.4, 0.5) is 5.69 Å². The van der Waals surface area contributed by atoms with E-state index in [0.717, 1.165) is 32.4 Å². The van der Waals surface area contributed by atoms with Crippen LogP contribution in [0.1, 0.15) is 58.4 Å². The highest BCUT2D eigenvalue weighted by Gasteiger charge is 2.21. The van der Waals surface area contributed by atoms with Gasteiger partial charge in [0.2, 0.25) is 0 Å². The topological polar surface area (TPSA) is 35.5 Å². The van der Waals surface area contributed by atoms with Crippen LogP contribution in [0.25, 0.3) is 0 Å². The maximum Gasteiger partial charge on any atom is 0.0591 e. The van der Waals surface area contributed by atoms with E-state index in [4.69, 9.17) is 0 Å². The summed E-state index contributed by atoms with van der Waals surface area (Å²) in [6.07, 6.45) is 5.53. The Hall–Kier alpha value is -1.06. The molecule has 3 heteroatoms. The summed E-state index contributed by atoms with van der Waals surface area (Å²) < 4.78 is 0. The van der Waals surface area contributed by atoms with Crippen LogP contribution in [-0.4, -0.2) is 35.9 Å². The third kappa shape index (κ3) is 6.15. The Morgan fingerprint density at radius 3 is 2.52 bits per heavy atom. The zero-order valence-corrected chi connectivity index (χ0v) is 15.3. The summed E-state index contributed by atoms with van der Waals surface area (Å²) in [5.41, 5.74) is 2.24. The molecule has 0 bridgehead atoms. The summed E-state index contributed by atoms with van der Waals surface area (Å²) in [5.74, 6) is 0. The Balaban J connectivity index is 1.71.